The van der Waals surface area contributed by atoms with Gasteiger partial charge in [-0.1, -0.05) is 30.3 Å². The zero-order valence-electron chi connectivity index (χ0n) is 13.5. The molecule has 1 aromatic heterocycles. The molecular weight excluding hydrogens is 322 g/mol. The normalized spacial score (nSPS) is 22.1. The zero-order valence-corrected chi connectivity index (χ0v) is 14.3. The molecule has 1 aromatic carbocycles. The van der Waals surface area contributed by atoms with Gasteiger partial charge in [-0.2, -0.15) is 0 Å². The van der Waals surface area contributed by atoms with E-state index in [4.69, 9.17) is 4.74 Å². The summed E-state index contributed by atoms with van der Waals surface area (Å²) in [4.78, 5) is 19.4. The van der Waals surface area contributed by atoms with E-state index in [-0.39, 0.29) is 11.9 Å². The highest BCUT2D eigenvalue weighted by molar-refractivity contribution is 7.14. The number of nitrogens with one attached hydrogen (secondary N) is 1. The van der Waals surface area contributed by atoms with Crippen LogP contribution in [-0.2, 0) is 9.53 Å². The molecule has 4 rings (SSSR count). The van der Waals surface area contributed by atoms with Gasteiger partial charge in [0.05, 0.1) is 11.7 Å². The lowest BCUT2D eigenvalue weighted by molar-refractivity contribution is -0.129. The molecule has 5 nitrogen and oxygen atoms in total. The number of anilines is 1. The molecule has 2 saturated heterocycles. The summed E-state index contributed by atoms with van der Waals surface area (Å²) >= 11 is 1.48. The number of rotatable bonds is 4. The van der Waals surface area contributed by atoms with Crippen LogP contribution in [0.15, 0.2) is 35.7 Å². The number of carbonyl (C=O) groups excluding carboxylic acids is 1. The van der Waals surface area contributed by atoms with Crippen LogP contribution in [0.2, 0.25) is 0 Å². The molecule has 0 saturated carbocycles. The van der Waals surface area contributed by atoms with Gasteiger partial charge >= 0.3 is 0 Å². The molecule has 1 N–H and O–H groups in total. The molecule has 1 atom stereocenters. The summed E-state index contributed by atoms with van der Waals surface area (Å²) in [5.74, 6) is 0.0710. The highest BCUT2D eigenvalue weighted by Crippen LogP contribution is 2.29. The van der Waals surface area contributed by atoms with E-state index in [0.717, 1.165) is 50.3 Å². The first-order valence-corrected chi connectivity index (χ1v) is 9.34. The topological polar surface area (TPSA) is 54.5 Å². The summed E-state index contributed by atoms with van der Waals surface area (Å²) in [5.41, 5.74) is 1.98. The largest absolute Gasteiger partial charge is 0.381 e. The quantitative estimate of drug-likeness (QED) is 0.927. The van der Waals surface area contributed by atoms with Gasteiger partial charge in [0.15, 0.2) is 5.13 Å². The number of amides is 1. The van der Waals surface area contributed by atoms with Crippen molar-refractivity contribution in [2.24, 2.45) is 0 Å². The molecule has 3 heterocycles. The van der Waals surface area contributed by atoms with E-state index < -0.39 is 0 Å². The van der Waals surface area contributed by atoms with Crippen molar-refractivity contribution in [2.75, 3.05) is 25.1 Å². The van der Waals surface area contributed by atoms with Crippen molar-refractivity contribution in [3.63, 3.8) is 0 Å². The standard InChI is InChI=1S/C18H21N3O2S/c22-17(16-6-9-21(16)14-7-10-23-11-8-14)20-18-19-15(12-24-18)13-4-2-1-3-5-13/h1-5,12,14,16H,6-11H2,(H,19,20,22)/t16-/m0/s1. The Bertz CT molecular complexity index is 697. The van der Waals surface area contributed by atoms with Crippen LogP contribution in [0.25, 0.3) is 11.3 Å². The Labute approximate surface area is 145 Å². The average Bonchev–Trinajstić information content (AvgIpc) is 3.04. The van der Waals surface area contributed by atoms with Gasteiger partial charge in [-0.15, -0.1) is 11.3 Å². The second-order valence-electron chi connectivity index (χ2n) is 6.28. The second kappa shape index (κ2) is 7.01. The number of hydrogen-bond donors (Lipinski definition) is 1. The number of benzene rings is 1. The third kappa shape index (κ3) is 3.22. The molecule has 0 bridgehead atoms. The SMILES string of the molecule is O=C(Nc1nc(-c2ccccc2)cs1)[C@@H]1CCN1C1CCOCC1. The van der Waals surface area contributed by atoms with Gasteiger partial charge in [0.2, 0.25) is 5.91 Å². The molecule has 1 amide bonds. The maximum absolute atomic E-state index is 12.6. The molecule has 0 aliphatic carbocycles. The highest BCUT2D eigenvalue weighted by atomic mass is 32.1. The van der Waals surface area contributed by atoms with Crippen LogP contribution in [0.5, 0.6) is 0 Å². The minimum Gasteiger partial charge on any atom is -0.381 e. The lowest BCUT2D eigenvalue weighted by Crippen LogP contribution is -2.59. The summed E-state index contributed by atoms with van der Waals surface area (Å²) in [6, 6.07) is 10.5. The van der Waals surface area contributed by atoms with Crippen molar-refractivity contribution in [1.82, 2.24) is 9.88 Å². The van der Waals surface area contributed by atoms with Crippen molar-refractivity contribution in [2.45, 2.75) is 31.3 Å². The molecule has 2 aromatic rings. The van der Waals surface area contributed by atoms with Gasteiger partial charge in [0.25, 0.3) is 0 Å². The number of likely N-dealkylation sites (tertiary alicyclic amines) is 1. The van der Waals surface area contributed by atoms with E-state index >= 15 is 0 Å². The van der Waals surface area contributed by atoms with Gasteiger partial charge < -0.3 is 10.1 Å². The third-order valence-corrected chi connectivity index (χ3v) is 5.59. The van der Waals surface area contributed by atoms with Crippen molar-refractivity contribution in [3.8, 4) is 11.3 Å². The van der Waals surface area contributed by atoms with E-state index in [1.807, 2.05) is 35.7 Å². The number of hydrogen-bond acceptors (Lipinski definition) is 5. The smallest absolute Gasteiger partial charge is 0.243 e. The average molecular weight is 343 g/mol. The number of ether oxygens (including phenoxy) is 1. The van der Waals surface area contributed by atoms with Gasteiger partial charge in [0.1, 0.15) is 0 Å². The lowest BCUT2D eigenvalue weighted by Gasteiger charge is -2.46. The van der Waals surface area contributed by atoms with Gasteiger partial charge in [-0.25, -0.2) is 4.98 Å². The van der Waals surface area contributed by atoms with Crippen molar-refractivity contribution in [1.29, 1.82) is 0 Å². The number of aromatic nitrogens is 1. The van der Waals surface area contributed by atoms with Crippen LogP contribution >= 0.6 is 11.3 Å². The molecule has 2 aliphatic heterocycles. The second-order valence-corrected chi connectivity index (χ2v) is 7.14. The Hall–Kier alpha value is -1.76. The monoisotopic (exact) mass is 343 g/mol. The van der Waals surface area contributed by atoms with Crippen LogP contribution in [0, 0.1) is 0 Å². The minimum absolute atomic E-state index is 0.0165. The summed E-state index contributed by atoms with van der Waals surface area (Å²) in [5, 5.41) is 5.67. The Morgan fingerprint density at radius 1 is 1.21 bits per heavy atom. The highest BCUT2D eigenvalue weighted by Gasteiger charge is 2.39. The molecule has 2 aliphatic rings. The Kier molecular flexibility index (Phi) is 4.60. The molecule has 6 heteroatoms. The fraction of sp³-hybridized carbons (Fsp3) is 0.444. The summed E-state index contributed by atoms with van der Waals surface area (Å²) < 4.78 is 5.42. The molecule has 0 radical (unpaired) electrons. The van der Waals surface area contributed by atoms with E-state index in [1.54, 1.807) is 0 Å². The third-order valence-electron chi connectivity index (χ3n) is 4.83. The predicted octanol–water partition coefficient (Wildman–Crippen LogP) is 3.00. The Morgan fingerprint density at radius 3 is 2.71 bits per heavy atom. The first-order valence-electron chi connectivity index (χ1n) is 8.46. The van der Waals surface area contributed by atoms with Crippen LogP contribution in [0.1, 0.15) is 19.3 Å². The van der Waals surface area contributed by atoms with Crippen LogP contribution in [0.4, 0.5) is 5.13 Å². The molecule has 0 spiro atoms. The fourth-order valence-corrected chi connectivity index (χ4v) is 4.13. The maximum atomic E-state index is 12.6. The van der Waals surface area contributed by atoms with Crippen molar-refractivity contribution in [3.05, 3.63) is 35.7 Å². The predicted molar refractivity (Wildman–Crippen MR) is 95.1 cm³/mol. The molecule has 2 fully saturated rings. The number of nitrogens with zero attached hydrogens (tertiary/aromatic N) is 2. The van der Waals surface area contributed by atoms with E-state index in [1.165, 1.54) is 11.3 Å². The van der Waals surface area contributed by atoms with Crippen LogP contribution in [0.3, 0.4) is 0 Å². The van der Waals surface area contributed by atoms with E-state index in [0.29, 0.717) is 11.2 Å². The zero-order chi connectivity index (χ0) is 16.4. The molecule has 0 unspecified atom stereocenters. The molecule has 24 heavy (non-hydrogen) atoms. The number of thiazole rings is 1. The van der Waals surface area contributed by atoms with Crippen LogP contribution in [-0.4, -0.2) is 47.6 Å². The summed E-state index contributed by atoms with van der Waals surface area (Å²) in [6.07, 6.45) is 2.98. The maximum Gasteiger partial charge on any atom is 0.243 e. The minimum atomic E-state index is -0.0165. The van der Waals surface area contributed by atoms with Gasteiger partial charge in [-0.3, -0.25) is 9.69 Å². The molecule has 126 valence electrons. The van der Waals surface area contributed by atoms with Crippen molar-refractivity contribution < 1.29 is 9.53 Å². The lowest BCUT2D eigenvalue weighted by atomic mass is 9.95. The summed E-state index contributed by atoms with van der Waals surface area (Å²) in [6.45, 7) is 2.63. The summed E-state index contributed by atoms with van der Waals surface area (Å²) in [7, 11) is 0. The van der Waals surface area contributed by atoms with Crippen LogP contribution < -0.4 is 5.32 Å². The van der Waals surface area contributed by atoms with Gasteiger partial charge in [0, 0.05) is 36.7 Å². The number of carbonyl (C=O) groups is 1. The Morgan fingerprint density at radius 2 is 2.00 bits per heavy atom. The van der Waals surface area contributed by atoms with Crippen molar-refractivity contribution >= 4 is 22.4 Å². The fourth-order valence-electron chi connectivity index (χ4n) is 3.40. The van der Waals surface area contributed by atoms with Gasteiger partial charge in [-0.05, 0) is 19.3 Å². The molecular formula is C18H21N3O2S. The Balaban J connectivity index is 1.39. The first-order chi connectivity index (χ1) is 11.8. The van der Waals surface area contributed by atoms with E-state index in [9.17, 15) is 4.79 Å². The first kappa shape index (κ1) is 15.7. The van der Waals surface area contributed by atoms with E-state index in [2.05, 4.69) is 15.2 Å².